The van der Waals surface area contributed by atoms with Gasteiger partial charge in [-0.25, -0.2) is 4.79 Å². The minimum atomic E-state index is -0.877. The van der Waals surface area contributed by atoms with Gasteiger partial charge in [0.15, 0.2) is 0 Å². The number of carboxylic acid groups (broad SMARTS) is 1. The Morgan fingerprint density at radius 3 is 2.25 bits per heavy atom. The zero-order chi connectivity index (χ0) is 15.8. The summed E-state index contributed by atoms with van der Waals surface area (Å²) < 4.78 is 0. The quantitative estimate of drug-likeness (QED) is 0.645. The smallest absolute Gasteiger partial charge is 0.317 e. The Hall–Kier alpha value is -1.79. The number of amides is 3. The highest BCUT2D eigenvalue weighted by atomic mass is 16.4. The first-order valence-electron chi connectivity index (χ1n) is 6.63. The number of carbonyl (C=O) groups excluding carboxylic acids is 2. The summed E-state index contributed by atoms with van der Waals surface area (Å²) in [4.78, 5) is 34.9. The SMILES string of the molecule is CN(CCCC(=O)O)C(=O)NCCC(=O)NC(C)(C)C. The number of carbonyl (C=O) groups is 3. The van der Waals surface area contributed by atoms with E-state index in [1.54, 1.807) is 7.05 Å². The third-order valence-corrected chi connectivity index (χ3v) is 2.37. The zero-order valence-corrected chi connectivity index (χ0v) is 12.7. The van der Waals surface area contributed by atoms with Gasteiger partial charge in [0.2, 0.25) is 5.91 Å². The number of rotatable bonds is 7. The topological polar surface area (TPSA) is 98.7 Å². The van der Waals surface area contributed by atoms with Crippen LogP contribution in [-0.2, 0) is 9.59 Å². The van der Waals surface area contributed by atoms with Crippen LogP contribution in [0.1, 0.15) is 40.0 Å². The lowest BCUT2D eigenvalue weighted by atomic mass is 10.1. The predicted molar refractivity (Wildman–Crippen MR) is 75.4 cm³/mol. The van der Waals surface area contributed by atoms with Crippen LogP contribution in [-0.4, -0.2) is 53.6 Å². The van der Waals surface area contributed by atoms with E-state index in [1.807, 2.05) is 20.8 Å². The van der Waals surface area contributed by atoms with Gasteiger partial charge >= 0.3 is 12.0 Å². The molecule has 0 saturated carbocycles. The van der Waals surface area contributed by atoms with Crippen molar-refractivity contribution in [3.05, 3.63) is 0 Å². The molecule has 116 valence electrons. The first-order valence-corrected chi connectivity index (χ1v) is 6.63. The van der Waals surface area contributed by atoms with E-state index in [0.29, 0.717) is 13.0 Å². The van der Waals surface area contributed by atoms with Crippen LogP contribution in [0.5, 0.6) is 0 Å². The highest BCUT2D eigenvalue weighted by molar-refractivity contribution is 5.78. The maximum Gasteiger partial charge on any atom is 0.317 e. The van der Waals surface area contributed by atoms with Gasteiger partial charge in [0.1, 0.15) is 0 Å². The summed E-state index contributed by atoms with van der Waals surface area (Å²) in [5.74, 6) is -0.996. The van der Waals surface area contributed by atoms with Crippen LogP contribution in [0.15, 0.2) is 0 Å². The molecule has 20 heavy (non-hydrogen) atoms. The standard InChI is InChI=1S/C13H25N3O4/c1-13(2,3)15-10(17)7-8-14-12(20)16(4)9-5-6-11(18)19/h5-9H2,1-4H3,(H,14,20)(H,15,17)(H,18,19). The number of carboxylic acids is 1. The van der Waals surface area contributed by atoms with Gasteiger partial charge in [0, 0.05) is 38.5 Å². The largest absolute Gasteiger partial charge is 0.481 e. The molecular formula is C13H25N3O4. The van der Waals surface area contributed by atoms with E-state index >= 15 is 0 Å². The molecular weight excluding hydrogens is 262 g/mol. The molecule has 0 aliphatic rings. The molecule has 0 aromatic carbocycles. The first kappa shape index (κ1) is 18.2. The fourth-order valence-corrected chi connectivity index (χ4v) is 1.47. The van der Waals surface area contributed by atoms with Crippen LogP contribution in [0.3, 0.4) is 0 Å². The second-order valence-electron chi connectivity index (χ2n) is 5.70. The summed E-state index contributed by atoms with van der Waals surface area (Å²) >= 11 is 0. The van der Waals surface area contributed by atoms with Gasteiger partial charge < -0.3 is 20.6 Å². The van der Waals surface area contributed by atoms with Crippen LogP contribution in [0.25, 0.3) is 0 Å². The molecule has 0 heterocycles. The molecule has 0 atom stereocenters. The van der Waals surface area contributed by atoms with Crippen molar-refractivity contribution in [2.45, 2.75) is 45.6 Å². The molecule has 0 unspecified atom stereocenters. The van der Waals surface area contributed by atoms with Crippen molar-refractivity contribution in [3.63, 3.8) is 0 Å². The monoisotopic (exact) mass is 287 g/mol. The Kier molecular flexibility index (Phi) is 7.64. The van der Waals surface area contributed by atoms with Crippen LogP contribution in [0.4, 0.5) is 4.79 Å². The number of hydrogen-bond acceptors (Lipinski definition) is 3. The number of nitrogens with one attached hydrogen (secondary N) is 2. The Morgan fingerprint density at radius 1 is 1.15 bits per heavy atom. The van der Waals surface area contributed by atoms with Crippen LogP contribution < -0.4 is 10.6 Å². The zero-order valence-electron chi connectivity index (χ0n) is 12.7. The lowest BCUT2D eigenvalue weighted by molar-refractivity contribution is -0.137. The minimum Gasteiger partial charge on any atom is -0.481 e. The highest BCUT2D eigenvalue weighted by Crippen LogP contribution is 1.99. The molecule has 3 amide bonds. The molecule has 0 spiro atoms. The summed E-state index contributed by atoms with van der Waals surface area (Å²) in [5.41, 5.74) is -0.283. The molecule has 7 nitrogen and oxygen atoms in total. The second-order valence-corrected chi connectivity index (χ2v) is 5.70. The molecule has 0 aliphatic heterocycles. The van der Waals surface area contributed by atoms with E-state index in [9.17, 15) is 14.4 Å². The normalized spacial score (nSPS) is 10.8. The van der Waals surface area contributed by atoms with Crippen molar-refractivity contribution in [2.24, 2.45) is 0 Å². The van der Waals surface area contributed by atoms with Crippen molar-refractivity contribution in [2.75, 3.05) is 20.1 Å². The van der Waals surface area contributed by atoms with Gasteiger partial charge in [-0.2, -0.15) is 0 Å². The van der Waals surface area contributed by atoms with E-state index in [0.717, 1.165) is 0 Å². The van der Waals surface area contributed by atoms with Crippen LogP contribution in [0, 0.1) is 0 Å². The summed E-state index contributed by atoms with van der Waals surface area (Å²) in [6.45, 7) is 6.29. The molecule has 0 bridgehead atoms. The number of hydrogen-bond donors (Lipinski definition) is 3. The second kappa shape index (κ2) is 8.39. The van der Waals surface area contributed by atoms with Crippen molar-refractivity contribution in [3.8, 4) is 0 Å². The van der Waals surface area contributed by atoms with Crippen LogP contribution >= 0.6 is 0 Å². The van der Waals surface area contributed by atoms with E-state index in [2.05, 4.69) is 10.6 Å². The van der Waals surface area contributed by atoms with E-state index < -0.39 is 5.97 Å². The molecule has 0 radical (unpaired) electrons. The van der Waals surface area contributed by atoms with Crippen LogP contribution in [0.2, 0.25) is 0 Å². The third-order valence-electron chi connectivity index (χ3n) is 2.37. The Balaban J connectivity index is 3.81. The fourth-order valence-electron chi connectivity index (χ4n) is 1.47. The summed E-state index contributed by atoms with van der Waals surface area (Å²) in [6, 6.07) is -0.307. The Labute approximate surface area is 119 Å². The molecule has 0 aromatic heterocycles. The number of nitrogens with zero attached hydrogens (tertiary/aromatic N) is 1. The van der Waals surface area contributed by atoms with Crippen molar-refractivity contribution >= 4 is 17.9 Å². The lowest BCUT2D eigenvalue weighted by Crippen LogP contribution is -2.43. The number of urea groups is 1. The van der Waals surface area contributed by atoms with E-state index in [-0.39, 0.29) is 36.9 Å². The van der Waals surface area contributed by atoms with Gasteiger partial charge in [-0.05, 0) is 27.2 Å². The van der Waals surface area contributed by atoms with Gasteiger partial charge in [-0.1, -0.05) is 0 Å². The summed E-state index contributed by atoms with van der Waals surface area (Å²) in [7, 11) is 1.59. The third kappa shape index (κ3) is 10.2. The molecule has 0 fully saturated rings. The van der Waals surface area contributed by atoms with Gasteiger partial charge in [0.05, 0.1) is 0 Å². The average molecular weight is 287 g/mol. The molecule has 0 rings (SSSR count). The lowest BCUT2D eigenvalue weighted by Gasteiger charge is -2.21. The molecule has 0 aliphatic carbocycles. The number of aliphatic carboxylic acids is 1. The molecule has 0 aromatic rings. The summed E-state index contributed by atoms with van der Waals surface area (Å²) in [6.07, 6.45) is 0.654. The Morgan fingerprint density at radius 2 is 1.75 bits per heavy atom. The maximum atomic E-state index is 11.6. The van der Waals surface area contributed by atoms with Crippen molar-refractivity contribution in [1.82, 2.24) is 15.5 Å². The first-order chi connectivity index (χ1) is 9.11. The minimum absolute atomic E-state index is 0.0333. The molecule has 7 heteroatoms. The van der Waals surface area contributed by atoms with Crippen molar-refractivity contribution < 1.29 is 19.5 Å². The highest BCUT2D eigenvalue weighted by Gasteiger charge is 2.14. The van der Waals surface area contributed by atoms with E-state index in [4.69, 9.17) is 5.11 Å². The molecule has 0 saturated heterocycles. The Bertz CT molecular complexity index is 350. The van der Waals surface area contributed by atoms with Crippen molar-refractivity contribution in [1.29, 1.82) is 0 Å². The van der Waals surface area contributed by atoms with Gasteiger partial charge in [-0.15, -0.1) is 0 Å². The van der Waals surface area contributed by atoms with Gasteiger partial charge in [0.25, 0.3) is 0 Å². The molecule has 3 N–H and O–H groups in total. The van der Waals surface area contributed by atoms with E-state index in [1.165, 1.54) is 4.90 Å². The average Bonchev–Trinajstić information content (AvgIpc) is 2.25. The fraction of sp³-hybridized carbons (Fsp3) is 0.769. The van der Waals surface area contributed by atoms with Gasteiger partial charge in [-0.3, -0.25) is 9.59 Å². The summed E-state index contributed by atoms with van der Waals surface area (Å²) in [5, 5.41) is 13.9. The predicted octanol–water partition coefficient (Wildman–Crippen LogP) is 0.797. The maximum absolute atomic E-state index is 11.6.